The van der Waals surface area contributed by atoms with Gasteiger partial charge in [0, 0.05) is 0 Å². The predicted octanol–water partition coefficient (Wildman–Crippen LogP) is 2.28. The maximum Gasteiger partial charge on any atom is 0.0781 e. The average Bonchev–Trinajstić information content (AvgIpc) is 2.53. The second-order valence-electron chi connectivity index (χ2n) is 3.20. The summed E-state index contributed by atoms with van der Waals surface area (Å²) >= 11 is 0. The largest absolute Gasteiger partial charge is 0.388 e. The molecule has 1 rings (SSSR count). The Kier molecular flexibility index (Phi) is 2.89. The molecule has 1 heteroatoms. The van der Waals surface area contributed by atoms with E-state index in [4.69, 9.17) is 0 Å². The van der Waals surface area contributed by atoms with E-state index in [1.807, 2.05) is 12.2 Å². The Labute approximate surface area is 68.4 Å². The van der Waals surface area contributed by atoms with E-state index in [0.717, 1.165) is 12.8 Å². The minimum Gasteiger partial charge on any atom is -0.388 e. The molecule has 0 amide bonds. The molecule has 62 valence electrons. The lowest BCUT2D eigenvalue weighted by Gasteiger charge is -2.17. The van der Waals surface area contributed by atoms with Crippen molar-refractivity contribution in [2.45, 2.75) is 32.8 Å². The Bertz CT molecular complexity index is 179. The van der Waals surface area contributed by atoms with Crippen molar-refractivity contribution < 1.29 is 5.11 Å². The van der Waals surface area contributed by atoms with Gasteiger partial charge < -0.3 is 5.11 Å². The molecule has 1 N–H and O–H groups in total. The Morgan fingerprint density at radius 3 is 2.82 bits per heavy atom. The number of hydrogen-bond donors (Lipinski definition) is 1. The molecule has 11 heavy (non-hydrogen) atoms. The van der Waals surface area contributed by atoms with Crippen LogP contribution in [0, 0.1) is 5.92 Å². The highest BCUT2D eigenvalue weighted by molar-refractivity contribution is 5.26. The van der Waals surface area contributed by atoms with Crippen molar-refractivity contribution in [1.29, 1.82) is 0 Å². The lowest BCUT2D eigenvalue weighted by atomic mass is 9.95. The summed E-state index contributed by atoms with van der Waals surface area (Å²) in [5.74, 6) is 0.390. The van der Waals surface area contributed by atoms with Crippen molar-refractivity contribution in [2.75, 3.05) is 0 Å². The highest BCUT2D eigenvalue weighted by atomic mass is 16.3. The highest BCUT2D eigenvalue weighted by Gasteiger charge is 2.16. The van der Waals surface area contributed by atoms with E-state index in [2.05, 4.69) is 19.9 Å². The fraction of sp³-hybridized carbons (Fsp3) is 0.600. The first-order valence-corrected chi connectivity index (χ1v) is 4.29. The van der Waals surface area contributed by atoms with Gasteiger partial charge in [0.1, 0.15) is 0 Å². The number of rotatable bonds is 3. The summed E-state index contributed by atoms with van der Waals surface area (Å²) in [4.78, 5) is 0. The molecule has 0 aliphatic heterocycles. The predicted molar refractivity (Wildman–Crippen MR) is 47.3 cm³/mol. The molecule has 0 saturated carbocycles. The number of hydrogen-bond acceptors (Lipinski definition) is 1. The van der Waals surface area contributed by atoms with Gasteiger partial charge in [0.25, 0.3) is 0 Å². The fourth-order valence-electron chi connectivity index (χ4n) is 1.27. The minimum atomic E-state index is -0.227. The molecule has 0 aromatic rings. The number of aliphatic hydroxyl groups excluding tert-OH is 1. The summed E-state index contributed by atoms with van der Waals surface area (Å²) in [5.41, 5.74) is 1.17. The highest BCUT2D eigenvalue weighted by Crippen LogP contribution is 2.21. The summed E-state index contributed by atoms with van der Waals surface area (Å²) in [6.07, 6.45) is 7.87. The van der Waals surface area contributed by atoms with Gasteiger partial charge in [-0.3, -0.25) is 0 Å². The monoisotopic (exact) mass is 152 g/mol. The molecule has 0 radical (unpaired) electrons. The summed E-state index contributed by atoms with van der Waals surface area (Å²) < 4.78 is 0. The Morgan fingerprint density at radius 2 is 2.36 bits per heavy atom. The summed E-state index contributed by atoms with van der Waals surface area (Å²) in [5, 5.41) is 9.71. The lowest BCUT2D eigenvalue weighted by molar-refractivity contribution is 0.147. The molecule has 0 fully saturated rings. The van der Waals surface area contributed by atoms with Gasteiger partial charge in [0.15, 0.2) is 0 Å². The molecule has 1 nitrogen and oxygen atoms in total. The van der Waals surface area contributed by atoms with Crippen molar-refractivity contribution in [2.24, 2.45) is 5.92 Å². The van der Waals surface area contributed by atoms with Gasteiger partial charge in [-0.15, -0.1) is 0 Å². The van der Waals surface area contributed by atoms with Gasteiger partial charge in [-0.05, 0) is 17.9 Å². The van der Waals surface area contributed by atoms with Crippen LogP contribution >= 0.6 is 0 Å². The molecule has 1 aliphatic carbocycles. The quantitative estimate of drug-likeness (QED) is 0.657. The van der Waals surface area contributed by atoms with Crippen LogP contribution in [0.1, 0.15) is 26.7 Å². The van der Waals surface area contributed by atoms with Crippen molar-refractivity contribution in [1.82, 2.24) is 0 Å². The SMILES string of the molecule is CCC(C)C(O)C1=CC=CC1. The van der Waals surface area contributed by atoms with E-state index in [9.17, 15) is 5.11 Å². The van der Waals surface area contributed by atoms with Crippen molar-refractivity contribution in [3.8, 4) is 0 Å². The average molecular weight is 152 g/mol. The third-order valence-electron chi connectivity index (χ3n) is 2.36. The van der Waals surface area contributed by atoms with Crippen LogP contribution in [0.3, 0.4) is 0 Å². The molecule has 0 heterocycles. The first kappa shape index (κ1) is 8.54. The molecule has 0 spiro atoms. The normalized spacial score (nSPS) is 21.5. The standard InChI is InChI=1S/C10H16O/c1-3-8(2)10(11)9-6-4-5-7-9/h4-6,8,10-11H,3,7H2,1-2H3. The maximum atomic E-state index is 9.71. The maximum absolute atomic E-state index is 9.71. The van der Waals surface area contributed by atoms with E-state index in [1.165, 1.54) is 5.57 Å². The van der Waals surface area contributed by atoms with Gasteiger partial charge in [0.05, 0.1) is 6.10 Å². The molecule has 1 aliphatic rings. The van der Waals surface area contributed by atoms with Gasteiger partial charge in [0.2, 0.25) is 0 Å². The second-order valence-corrected chi connectivity index (χ2v) is 3.20. The zero-order chi connectivity index (χ0) is 8.27. The zero-order valence-electron chi connectivity index (χ0n) is 7.25. The van der Waals surface area contributed by atoms with Crippen LogP contribution in [0.4, 0.5) is 0 Å². The van der Waals surface area contributed by atoms with Crippen LogP contribution in [0.25, 0.3) is 0 Å². The molecule has 2 atom stereocenters. The van der Waals surface area contributed by atoms with Crippen LogP contribution in [0.15, 0.2) is 23.8 Å². The zero-order valence-corrected chi connectivity index (χ0v) is 7.25. The number of allylic oxidation sites excluding steroid dienone is 3. The molecule has 0 aromatic carbocycles. The van der Waals surface area contributed by atoms with E-state index < -0.39 is 0 Å². The van der Waals surface area contributed by atoms with Gasteiger partial charge in [-0.25, -0.2) is 0 Å². The molecule has 0 aromatic heterocycles. The smallest absolute Gasteiger partial charge is 0.0781 e. The Hall–Kier alpha value is -0.560. The lowest BCUT2D eigenvalue weighted by Crippen LogP contribution is -2.18. The van der Waals surface area contributed by atoms with Crippen molar-refractivity contribution in [3.05, 3.63) is 23.8 Å². The third-order valence-corrected chi connectivity index (χ3v) is 2.36. The van der Waals surface area contributed by atoms with E-state index in [-0.39, 0.29) is 6.10 Å². The summed E-state index contributed by atoms with van der Waals surface area (Å²) in [6.45, 7) is 4.20. The molecule has 2 unspecified atom stereocenters. The fourth-order valence-corrected chi connectivity index (χ4v) is 1.27. The molecular weight excluding hydrogens is 136 g/mol. The van der Waals surface area contributed by atoms with Crippen LogP contribution in [0.5, 0.6) is 0 Å². The van der Waals surface area contributed by atoms with Crippen LogP contribution in [-0.2, 0) is 0 Å². The van der Waals surface area contributed by atoms with Gasteiger partial charge >= 0.3 is 0 Å². The topological polar surface area (TPSA) is 20.2 Å². The minimum absolute atomic E-state index is 0.227. The Morgan fingerprint density at radius 1 is 1.64 bits per heavy atom. The van der Waals surface area contributed by atoms with Crippen LogP contribution in [0.2, 0.25) is 0 Å². The van der Waals surface area contributed by atoms with Crippen LogP contribution < -0.4 is 0 Å². The first-order valence-electron chi connectivity index (χ1n) is 4.29. The van der Waals surface area contributed by atoms with Crippen molar-refractivity contribution >= 4 is 0 Å². The summed E-state index contributed by atoms with van der Waals surface area (Å²) in [7, 11) is 0. The number of aliphatic hydroxyl groups is 1. The van der Waals surface area contributed by atoms with Crippen molar-refractivity contribution in [3.63, 3.8) is 0 Å². The van der Waals surface area contributed by atoms with E-state index >= 15 is 0 Å². The van der Waals surface area contributed by atoms with Gasteiger partial charge in [-0.1, -0.05) is 38.5 Å². The van der Waals surface area contributed by atoms with E-state index in [1.54, 1.807) is 0 Å². The van der Waals surface area contributed by atoms with E-state index in [0.29, 0.717) is 5.92 Å². The Balaban J connectivity index is 2.47. The first-order chi connectivity index (χ1) is 5.25. The summed E-state index contributed by atoms with van der Waals surface area (Å²) in [6, 6.07) is 0. The third kappa shape index (κ3) is 1.93. The molecule has 0 bridgehead atoms. The molecular formula is C10H16O. The van der Waals surface area contributed by atoms with Gasteiger partial charge in [-0.2, -0.15) is 0 Å². The van der Waals surface area contributed by atoms with Crippen LogP contribution in [-0.4, -0.2) is 11.2 Å². The molecule has 0 saturated heterocycles. The second kappa shape index (κ2) is 3.72.